The monoisotopic (exact) mass is 155 g/mol. The SMILES string of the molecule is CC1CNCCC1=CC(=O)O. The van der Waals surface area contributed by atoms with Gasteiger partial charge < -0.3 is 10.4 Å². The van der Waals surface area contributed by atoms with Crippen LogP contribution in [0.25, 0.3) is 0 Å². The van der Waals surface area contributed by atoms with Gasteiger partial charge in [-0.3, -0.25) is 0 Å². The Morgan fingerprint density at radius 2 is 2.55 bits per heavy atom. The molecule has 11 heavy (non-hydrogen) atoms. The lowest BCUT2D eigenvalue weighted by molar-refractivity contribution is -0.131. The zero-order valence-electron chi connectivity index (χ0n) is 6.63. The van der Waals surface area contributed by atoms with E-state index in [0.717, 1.165) is 25.1 Å². The van der Waals surface area contributed by atoms with E-state index in [9.17, 15) is 4.79 Å². The average molecular weight is 155 g/mol. The van der Waals surface area contributed by atoms with E-state index in [1.807, 2.05) is 6.92 Å². The maximum Gasteiger partial charge on any atom is 0.328 e. The second-order valence-corrected chi connectivity index (χ2v) is 2.91. The molecule has 1 aliphatic heterocycles. The van der Waals surface area contributed by atoms with E-state index in [2.05, 4.69) is 5.32 Å². The van der Waals surface area contributed by atoms with Crippen molar-refractivity contribution in [2.45, 2.75) is 13.3 Å². The van der Waals surface area contributed by atoms with Gasteiger partial charge in [0.1, 0.15) is 0 Å². The highest BCUT2D eigenvalue weighted by atomic mass is 16.4. The molecular formula is C8H13NO2. The Labute approximate surface area is 66.1 Å². The second-order valence-electron chi connectivity index (χ2n) is 2.91. The largest absolute Gasteiger partial charge is 0.478 e. The highest BCUT2D eigenvalue weighted by molar-refractivity contribution is 5.80. The van der Waals surface area contributed by atoms with Crippen LogP contribution in [0.15, 0.2) is 11.6 Å². The Hall–Kier alpha value is -0.830. The van der Waals surface area contributed by atoms with Gasteiger partial charge in [0.25, 0.3) is 0 Å². The Balaban J connectivity index is 2.60. The van der Waals surface area contributed by atoms with E-state index >= 15 is 0 Å². The molecule has 0 saturated carbocycles. The number of carboxylic acids is 1. The standard InChI is InChI=1S/C8H13NO2/c1-6-5-9-3-2-7(6)4-8(10)11/h4,6,9H,2-3,5H2,1H3,(H,10,11). The smallest absolute Gasteiger partial charge is 0.328 e. The molecule has 0 aromatic carbocycles. The number of rotatable bonds is 1. The Morgan fingerprint density at radius 1 is 1.82 bits per heavy atom. The molecule has 1 rings (SSSR count). The predicted octanol–water partition coefficient (Wildman–Crippen LogP) is 0.627. The molecule has 1 atom stereocenters. The van der Waals surface area contributed by atoms with E-state index in [1.54, 1.807) is 0 Å². The minimum absolute atomic E-state index is 0.375. The zero-order valence-corrected chi connectivity index (χ0v) is 6.63. The Kier molecular flexibility index (Phi) is 2.65. The topological polar surface area (TPSA) is 49.3 Å². The molecule has 0 aromatic heterocycles. The van der Waals surface area contributed by atoms with Crippen LogP contribution in [-0.4, -0.2) is 24.2 Å². The summed E-state index contributed by atoms with van der Waals surface area (Å²) in [5, 5.41) is 11.7. The molecular weight excluding hydrogens is 142 g/mol. The van der Waals surface area contributed by atoms with Crippen LogP contribution >= 0.6 is 0 Å². The minimum Gasteiger partial charge on any atom is -0.478 e. The first-order chi connectivity index (χ1) is 5.20. The summed E-state index contributed by atoms with van der Waals surface area (Å²) in [5.41, 5.74) is 1.05. The van der Waals surface area contributed by atoms with Crippen molar-refractivity contribution in [3.05, 3.63) is 11.6 Å². The third kappa shape index (κ3) is 2.35. The first-order valence-corrected chi connectivity index (χ1v) is 3.84. The fourth-order valence-corrected chi connectivity index (χ4v) is 1.30. The van der Waals surface area contributed by atoms with Gasteiger partial charge in [-0.05, 0) is 18.9 Å². The van der Waals surface area contributed by atoms with E-state index in [4.69, 9.17) is 5.11 Å². The molecule has 1 saturated heterocycles. The summed E-state index contributed by atoms with van der Waals surface area (Å²) in [6, 6.07) is 0. The maximum atomic E-state index is 10.3. The van der Waals surface area contributed by atoms with Crippen molar-refractivity contribution in [3.63, 3.8) is 0 Å². The molecule has 1 fully saturated rings. The second kappa shape index (κ2) is 3.53. The molecule has 0 amide bonds. The minimum atomic E-state index is -0.825. The zero-order chi connectivity index (χ0) is 8.27. The predicted molar refractivity (Wildman–Crippen MR) is 42.4 cm³/mol. The third-order valence-electron chi connectivity index (χ3n) is 1.98. The Bertz CT molecular complexity index is 187. The van der Waals surface area contributed by atoms with Gasteiger partial charge in [-0.2, -0.15) is 0 Å². The fraction of sp³-hybridized carbons (Fsp3) is 0.625. The molecule has 0 spiro atoms. The molecule has 2 N–H and O–H groups in total. The summed E-state index contributed by atoms with van der Waals surface area (Å²) >= 11 is 0. The van der Waals surface area contributed by atoms with Crippen LogP contribution in [0.3, 0.4) is 0 Å². The van der Waals surface area contributed by atoms with Crippen LogP contribution in [0.4, 0.5) is 0 Å². The maximum absolute atomic E-state index is 10.3. The van der Waals surface area contributed by atoms with Crippen molar-refractivity contribution >= 4 is 5.97 Å². The summed E-state index contributed by atoms with van der Waals surface area (Å²) in [4.78, 5) is 10.3. The summed E-state index contributed by atoms with van der Waals surface area (Å²) in [6.07, 6.45) is 2.21. The molecule has 1 heterocycles. The van der Waals surface area contributed by atoms with Gasteiger partial charge >= 0.3 is 5.97 Å². The van der Waals surface area contributed by atoms with Crippen LogP contribution in [0.2, 0.25) is 0 Å². The van der Waals surface area contributed by atoms with E-state index in [0.29, 0.717) is 5.92 Å². The van der Waals surface area contributed by atoms with Crippen molar-refractivity contribution in [2.24, 2.45) is 5.92 Å². The number of hydrogen-bond acceptors (Lipinski definition) is 2. The summed E-state index contributed by atoms with van der Waals surface area (Å²) < 4.78 is 0. The number of aliphatic carboxylic acids is 1. The molecule has 3 heteroatoms. The van der Waals surface area contributed by atoms with Gasteiger partial charge in [0.05, 0.1) is 0 Å². The lowest BCUT2D eigenvalue weighted by Gasteiger charge is -2.21. The van der Waals surface area contributed by atoms with Gasteiger partial charge in [0.15, 0.2) is 0 Å². The lowest BCUT2D eigenvalue weighted by Crippen LogP contribution is -2.30. The van der Waals surface area contributed by atoms with Crippen LogP contribution in [-0.2, 0) is 4.79 Å². The highest BCUT2D eigenvalue weighted by Crippen LogP contribution is 2.16. The number of carboxylic acid groups (broad SMARTS) is 1. The first kappa shape index (κ1) is 8.27. The average Bonchev–Trinajstić information content (AvgIpc) is 1.93. The van der Waals surface area contributed by atoms with Crippen LogP contribution < -0.4 is 5.32 Å². The quantitative estimate of drug-likeness (QED) is 0.546. The fourth-order valence-electron chi connectivity index (χ4n) is 1.30. The van der Waals surface area contributed by atoms with Crippen molar-refractivity contribution in [2.75, 3.05) is 13.1 Å². The summed E-state index contributed by atoms with van der Waals surface area (Å²) in [5.74, 6) is -0.450. The van der Waals surface area contributed by atoms with Crippen LogP contribution in [0.5, 0.6) is 0 Å². The Morgan fingerprint density at radius 3 is 3.09 bits per heavy atom. The van der Waals surface area contributed by atoms with Gasteiger partial charge in [0, 0.05) is 12.6 Å². The molecule has 1 unspecified atom stereocenters. The molecule has 1 aliphatic rings. The summed E-state index contributed by atoms with van der Waals surface area (Å²) in [7, 11) is 0. The van der Waals surface area contributed by atoms with Crippen molar-refractivity contribution in [1.29, 1.82) is 0 Å². The summed E-state index contributed by atoms with van der Waals surface area (Å²) in [6.45, 7) is 3.85. The number of piperidine rings is 1. The van der Waals surface area contributed by atoms with Gasteiger partial charge in [-0.25, -0.2) is 4.79 Å². The van der Waals surface area contributed by atoms with Gasteiger partial charge in [-0.15, -0.1) is 0 Å². The molecule has 3 nitrogen and oxygen atoms in total. The van der Waals surface area contributed by atoms with Crippen molar-refractivity contribution < 1.29 is 9.90 Å². The molecule has 0 aromatic rings. The first-order valence-electron chi connectivity index (χ1n) is 3.84. The normalized spacial score (nSPS) is 28.8. The molecule has 62 valence electrons. The number of carbonyl (C=O) groups is 1. The van der Waals surface area contributed by atoms with Crippen molar-refractivity contribution in [1.82, 2.24) is 5.32 Å². The van der Waals surface area contributed by atoms with E-state index in [1.165, 1.54) is 6.08 Å². The van der Waals surface area contributed by atoms with Gasteiger partial charge in [-0.1, -0.05) is 12.5 Å². The molecule has 0 aliphatic carbocycles. The molecule has 0 radical (unpaired) electrons. The third-order valence-corrected chi connectivity index (χ3v) is 1.98. The van der Waals surface area contributed by atoms with E-state index in [-0.39, 0.29) is 0 Å². The number of hydrogen-bond donors (Lipinski definition) is 2. The van der Waals surface area contributed by atoms with Gasteiger partial charge in [0.2, 0.25) is 0 Å². The van der Waals surface area contributed by atoms with E-state index < -0.39 is 5.97 Å². The van der Waals surface area contributed by atoms with Crippen LogP contribution in [0.1, 0.15) is 13.3 Å². The lowest BCUT2D eigenvalue weighted by atomic mass is 9.94. The highest BCUT2D eigenvalue weighted by Gasteiger charge is 2.13. The number of nitrogens with one attached hydrogen (secondary N) is 1. The van der Waals surface area contributed by atoms with Crippen LogP contribution in [0, 0.1) is 5.92 Å². The van der Waals surface area contributed by atoms with Crippen molar-refractivity contribution in [3.8, 4) is 0 Å². The molecule has 0 bridgehead atoms.